The molecule has 1 amide bonds. The summed E-state index contributed by atoms with van der Waals surface area (Å²) in [4.78, 5) is 19.7. The van der Waals surface area contributed by atoms with Crippen molar-refractivity contribution in [1.29, 1.82) is 0 Å². The Morgan fingerprint density at radius 3 is 3.00 bits per heavy atom. The lowest BCUT2D eigenvalue weighted by molar-refractivity contribution is -0.123. The van der Waals surface area contributed by atoms with Gasteiger partial charge in [-0.05, 0) is 63.6 Å². The molecular weight excluding hydrogens is 354 g/mol. The van der Waals surface area contributed by atoms with Crippen molar-refractivity contribution in [3.8, 4) is 0 Å². The maximum atomic E-state index is 12.5. The van der Waals surface area contributed by atoms with Gasteiger partial charge in [0.15, 0.2) is 0 Å². The fourth-order valence-electron chi connectivity index (χ4n) is 4.23. The van der Waals surface area contributed by atoms with Crippen LogP contribution in [-0.2, 0) is 4.79 Å². The molecule has 1 atom stereocenters. The van der Waals surface area contributed by atoms with E-state index >= 15 is 0 Å². The number of fused-ring (bicyclic) bond motifs is 1. The Labute approximate surface area is 165 Å². The zero-order valence-corrected chi connectivity index (χ0v) is 16.8. The molecule has 5 heteroatoms. The smallest absolute Gasteiger partial charge is 0.234 e. The van der Waals surface area contributed by atoms with Crippen molar-refractivity contribution in [2.24, 2.45) is 0 Å². The van der Waals surface area contributed by atoms with Crippen molar-refractivity contribution in [1.82, 2.24) is 15.2 Å². The average Bonchev–Trinajstić information content (AvgIpc) is 3.13. The van der Waals surface area contributed by atoms with Crippen LogP contribution >= 0.6 is 11.3 Å². The molecule has 2 heterocycles. The van der Waals surface area contributed by atoms with Gasteiger partial charge in [0.25, 0.3) is 0 Å². The molecule has 1 aliphatic carbocycles. The fourth-order valence-corrected chi connectivity index (χ4v) is 5.36. The van der Waals surface area contributed by atoms with Gasteiger partial charge in [-0.15, -0.1) is 11.3 Å². The van der Waals surface area contributed by atoms with Gasteiger partial charge in [0.05, 0.1) is 22.8 Å². The highest BCUT2D eigenvalue weighted by molar-refractivity contribution is 7.18. The number of aromatic nitrogens is 1. The zero-order valence-electron chi connectivity index (χ0n) is 16.0. The first-order chi connectivity index (χ1) is 13.3. The lowest BCUT2D eigenvalue weighted by Crippen LogP contribution is -2.41. The number of thiazole rings is 1. The molecule has 1 fully saturated rings. The number of para-hydroxylation sites is 1. The van der Waals surface area contributed by atoms with E-state index < -0.39 is 0 Å². The van der Waals surface area contributed by atoms with Gasteiger partial charge in [0, 0.05) is 6.54 Å². The van der Waals surface area contributed by atoms with Crippen molar-refractivity contribution in [3.63, 3.8) is 0 Å². The van der Waals surface area contributed by atoms with Crippen LogP contribution in [0.25, 0.3) is 10.2 Å². The quantitative estimate of drug-likeness (QED) is 0.727. The predicted octanol–water partition coefficient (Wildman–Crippen LogP) is 4.83. The molecule has 1 aromatic carbocycles. The number of piperidine rings is 1. The maximum Gasteiger partial charge on any atom is 0.234 e. The van der Waals surface area contributed by atoms with Crippen LogP contribution in [0.2, 0.25) is 0 Å². The maximum absolute atomic E-state index is 12.5. The monoisotopic (exact) mass is 383 g/mol. The molecule has 144 valence electrons. The lowest BCUT2D eigenvalue weighted by atomic mass is 9.97. The van der Waals surface area contributed by atoms with E-state index in [4.69, 9.17) is 4.98 Å². The number of rotatable bonds is 6. The van der Waals surface area contributed by atoms with E-state index in [2.05, 4.69) is 34.5 Å². The van der Waals surface area contributed by atoms with Crippen LogP contribution in [0.5, 0.6) is 0 Å². The highest BCUT2D eigenvalue weighted by Gasteiger charge is 2.28. The van der Waals surface area contributed by atoms with Crippen LogP contribution in [0.3, 0.4) is 0 Å². The van der Waals surface area contributed by atoms with E-state index in [1.807, 2.05) is 6.07 Å². The largest absolute Gasteiger partial charge is 0.355 e. The van der Waals surface area contributed by atoms with Crippen LogP contribution < -0.4 is 5.32 Å². The molecule has 1 aliphatic heterocycles. The average molecular weight is 384 g/mol. The molecule has 2 aromatic rings. The number of allylic oxidation sites excluding steroid dienone is 1. The minimum atomic E-state index is 0.152. The number of amides is 1. The Morgan fingerprint density at radius 2 is 2.15 bits per heavy atom. The number of hydrogen-bond acceptors (Lipinski definition) is 4. The minimum absolute atomic E-state index is 0.152. The van der Waals surface area contributed by atoms with E-state index in [0.29, 0.717) is 6.54 Å². The molecule has 1 aromatic heterocycles. The highest BCUT2D eigenvalue weighted by Crippen LogP contribution is 2.35. The number of carbonyl (C=O) groups excluding carboxylic acids is 1. The molecule has 0 unspecified atom stereocenters. The Kier molecular flexibility index (Phi) is 6.20. The van der Waals surface area contributed by atoms with Crippen molar-refractivity contribution < 1.29 is 4.79 Å². The Bertz CT molecular complexity index is 780. The zero-order chi connectivity index (χ0) is 18.5. The molecule has 1 saturated heterocycles. The number of hydrogen-bond donors (Lipinski definition) is 1. The molecular formula is C22H29N3OS. The van der Waals surface area contributed by atoms with Gasteiger partial charge in [-0.2, -0.15) is 0 Å². The number of benzene rings is 1. The number of nitrogens with one attached hydrogen (secondary N) is 1. The first-order valence-corrected chi connectivity index (χ1v) is 11.2. The second kappa shape index (κ2) is 8.98. The molecule has 4 rings (SSSR count). The van der Waals surface area contributed by atoms with Gasteiger partial charge in [-0.1, -0.05) is 30.2 Å². The normalized spacial score (nSPS) is 21.2. The van der Waals surface area contributed by atoms with Gasteiger partial charge in [0.2, 0.25) is 5.91 Å². The van der Waals surface area contributed by atoms with E-state index in [1.54, 1.807) is 11.3 Å². The van der Waals surface area contributed by atoms with Crippen LogP contribution in [0.4, 0.5) is 0 Å². The molecule has 0 spiro atoms. The lowest BCUT2D eigenvalue weighted by Gasteiger charge is -2.33. The van der Waals surface area contributed by atoms with Gasteiger partial charge >= 0.3 is 0 Å². The molecule has 0 saturated carbocycles. The summed E-state index contributed by atoms with van der Waals surface area (Å²) < 4.78 is 1.24. The van der Waals surface area contributed by atoms with E-state index in [0.717, 1.165) is 36.5 Å². The molecule has 27 heavy (non-hydrogen) atoms. The summed E-state index contributed by atoms with van der Waals surface area (Å²) in [5.74, 6) is 0.152. The van der Waals surface area contributed by atoms with Gasteiger partial charge in [-0.25, -0.2) is 4.98 Å². The topological polar surface area (TPSA) is 45.2 Å². The van der Waals surface area contributed by atoms with Crippen LogP contribution in [-0.4, -0.2) is 35.4 Å². The third-order valence-electron chi connectivity index (χ3n) is 5.71. The van der Waals surface area contributed by atoms with Crippen molar-refractivity contribution in [2.75, 3.05) is 19.6 Å². The summed E-state index contributed by atoms with van der Waals surface area (Å²) in [7, 11) is 0. The van der Waals surface area contributed by atoms with Crippen LogP contribution in [0, 0.1) is 0 Å². The highest BCUT2D eigenvalue weighted by atomic mass is 32.1. The van der Waals surface area contributed by atoms with E-state index in [1.165, 1.54) is 48.8 Å². The number of likely N-dealkylation sites (tertiary alicyclic amines) is 1. The molecule has 0 radical (unpaired) electrons. The molecule has 1 N–H and O–H groups in total. The summed E-state index contributed by atoms with van der Waals surface area (Å²) in [6, 6.07) is 8.60. The van der Waals surface area contributed by atoms with Crippen LogP contribution in [0.15, 0.2) is 35.9 Å². The van der Waals surface area contributed by atoms with Gasteiger partial charge in [-0.3, -0.25) is 9.69 Å². The minimum Gasteiger partial charge on any atom is -0.355 e. The molecule has 4 nitrogen and oxygen atoms in total. The summed E-state index contributed by atoms with van der Waals surface area (Å²) in [5.41, 5.74) is 2.60. The SMILES string of the molecule is O=C(CN1CCCC[C@@H]1c1nc2ccccc2s1)NCCC1=CCCCC1. The summed E-state index contributed by atoms with van der Waals surface area (Å²) in [6.07, 6.45) is 11.9. The van der Waals surface area contributed by atoms with E-state index in [-0.39, 0.29) is 11.9 Å². The number of nitrogens with zero attached hydrogens (tertiary/aromatic N) is 2. The summed E-state index contributed by atoms with van der Waals surface area (Å²) in [6.45, 7) is 2.24. The van der Waals surface area contributed by atoms with Gasteiger partial charge < -0.3 is 5.32 Å². The summed E-state index contributed by atoms with van der Waals surface area (Å²) >= 11 is 1.78. The first-order valence-electron chi connectivity index (χ1n) is 10.3. The fraction of sp³-hybridized carbons (Fsp3) is 0.545. The van der Waals surface area contributed by atoms with Crippen molar-refractivity contribution in [3.05, 3.63) is 40.9 Å². The third-order valence-corrected chi connectivity index (χ3v) is 6.85. The van der Waals surface area contributed by atoms with Gasteiger partial charge in [0.1, 0.15) is 5.01 Å². The van der Waals surface area contributed by atoms with Crippen molar-refractivity contribution >= 4 is 27.5 Å². The van der Waals surface area contributed by atoms with E-state index in [9.17, 15) is 4.79 Å². The van der Waals surface area contributed by atoms with Crippen LogP contribution in [0.1, 0.15) is 62.4 Å². The summed E-state index contributed by atoms with van der Waals surface area (Å²) in [5, 5.41) is 4.30. The first kappa shape index (κ1) is 18.6. The Balaban J connectivity index is 1.34. The third kappa shape index (κ3) is 4.77. The standard InChI is InChI=1S/C22H29N3OS/c26-21(23-14-13-17-8-2-1-3-9-17)16-25-15-7-6-11-19(25)22-24-18-10-4-5-12-20(18)27-22/h4-5,8,10,12,19H,1-3,6-7,9,11,13-16H2,(H,23,26)/t19-/m1/s1. The number of carbonyl (C=O) groups is 1. The molecule has 2 aliphatic rings. The second-order valence-corrected chi connectivity index (χ2v) is 8.77. The second-order valence-electron chi connectivity index (χ2n) is 7.71. The Hall–Kier alpha value is -1.72. The van der Waals surface area contributed by atoms with Crippen molar-refractivity contribution in [2.45, 2.75) is 57.4 Å². The predicted molar refractivity (Wildman–Crippen MR) is 112 cm³/mol. The Morgan fingerprint density at radius 1 is 1.22 bits per heavy atom. The molecule has 0 bridgehead atoms.